The molecule has 0 unspecified atom stereocenters. The molecule has 0 spiro atoms. The van der Waals surface area contributed by atoms with E-state index in [1.165, 1.54) is 18.9 Å². The number of nitrogens with one attached hydrogen (secondary N) is 1. The van der Waals surface area contributed by atoms with Gasteiger partial charge < -0.3 is 19.5 Å². The number of aliphatic imine (C=N–C) groups is 1. The van der Waals surface area contributed by atoms with E-state index < -0.39 is 0 Å². The van der Waals surface area contributed by atoms with Crippen LogP contribution in [-0.2, 0) is 4.79 Å². The summed E-state index contributed by atoms with van der Waals surface area (Å²) in [6.45, 7) is -0.0984. The van der Waals surface area contributed by atoms with E-state index in [9.17, 15) is 4.79 Å². The third kappa shape index (κ3) is 5.10. The molecule has 0 atom stereocenters. The second-order valence-corrected chi connectivity index (χ2v) is 7.55. The van der Waals surface area contributed by atoms with Crippen molar-refractivity contribution in [3.63, 3.8) is 0 Å². The van der Waals surface area contributed by atoms with Crippen LogP contribution in [0.3, 0.4) is 0 Å². The number of nitrogens with zero attached hydrogens (tertiary/aromatic N) is 2. The molecular formula is C20H16BrN3O4S. The maximum Gasteiger partial charge on any atom is 0.264 e. The van der Waals surface area contributed by atoms with Crippen LogP contribution in [0.2, 0.25) is 0 Å². The number of hydrogen-bond donors (Lipinski definition) is 1. The number of rotatable bonds is 6. The number of methoxy groups -OCH3 is 2. The molecule has 1 heterocycles. The van der Waals surface area contributed by atoms with E-state index in [1.54, 1.807) is 37.5 Å². The van der Waals surface area contributed by atoms with E-state index in [-0.39, 0.29) is 12.5 Å². The van der Waals surface area contributed by atoms with Gasteiger partial charge in [0.2, 0.25) is 0 Å². The molecule has 0 bridgehead atoms. The molecular weight excluding hydrogens is 458 g/mol. The van der Waals surface area contributed by atoms with Crippen LogP contribution in [-0.4, -0.2) is 31.9 Å². The molecule has 0 aromatic heterocycles. The summed E-state index contributed by atoms with van der Waals surface area (Å²) in [5.41, 5.74) is 1.44. The summed E-state index contributed by atoms with van der Waals surface area (Å²) in [4.78, 5) is 17.3. The third-order valence-electron chi connectivity index (χ3n) is 3.78. The standard InChI is InChI=1S/C20H16BrN3O4S/c1-26-14-5-3-13(4-6-14)23-20-24-19(25)17(29-20)11-12-9-15(21)18(28-8-7-22)16(10-12)27-2/h3-6,9-11H,8H2,1-2H3,(H,23,24,25). The minimum Gasteiger partial charge on any atom is -0.497 e. The molecule has 1 N–H and O–H groups in total. The van der Waals surface area contributed by atoms with Crippen LogP contribution in [0.25, 0.3) is 6.08 Å². The summed E-state index contributed by atoms with van der Waals surface area (Å²) in [6, 6.07) is 12.7. The predicted octanol–water partition coefficient (Wildman–Crippen LogP) is 4.26. The Balaban J connectivity index is 1.83. The fourth-order valence-corrected chi connectivity index (χ4v) is 3.89. The summed E-state index contributed by atoms with van der Waals surface area (Å²) in [5.74, 6) is 1.39. The number of amides is 1. The second kappa shape index (κ2) is 9.49. The van der Waals surface area contributed by atoms with Crippen molar-refractivity contribution in [2.75, 3.05) is 20.8 Å². The highest BCUT2D eigenvalue weighted by Crippen LogP contribution is 2.38. The zero-order valence-corrected chi connectivity index (χ0v) is 18.0. The largest absolute Gasteiger partial charge is 0.497 e. The highest BCUT2D eigenvalue weighted by atomic mass is 79.9. The first-order chi connectivity index (χ1) is 14.0. The predicted molar refractivity (Wildman–Crippen MR) is 116 cm³/mol. The van der Waals surface area contributed by atoms with Gasteiger partial charge in [-0.25, -0.2) is 4.99 Å². The van der Waals surface area contributed by atoms with Gasteiger partial charge in [0.1, 0.15) is 11.8 Å². The van der Waals surface area contributed by atoms with Crippen molar-refractivity contribution < 1.29 is 19.0 Å². The Hall–Kier alpha value is -2.96. The van der Waals surface area contributed by atoms with Gasteiger partial charge in [-0.05, 0) is 75.7 Å². The van der Waals surface area contributed by atoms with Crippen molar-refractivity contribution in [2.45, 2.75) is 0 Å². The highest BCUT2D eigenvalue weighted by Gasteiger charge is 2.24. The molecule has 29 heavy (non-hydrogen) atoms. The normalized spacial score (nSPS) is 15.9. The number of benzene rings is 2. The zero-order valence-electron chi connectivity index (χ0n) is 15.6. The summed E-state index contributed by atoms with van der Waals surface area (Å²) in [7, 11) is 3.11. The van der Waals surface area contributed by atoms with E-state index in [0.717, 1.165) is 11.3 Å². The Morgan fingerprint density at radius 2 is 2.00 bits per heavy atom. The van der Waals surface area contributed by atoms with Gasteiger partial charge in [0.15, 0.2) is 23.3 Å². The number of hydrogen-bond acceptors (Lipinski definition) is 7. The molecule has 7 nitrogen and oxygen atoms in total. The summed E-state index contributed by atoms with van der Waals surface area (Å²) >= 11 is 4.66. The van der Waals surface area contributed by atoms with Gasteiger partial charge in [-0.2, -0.15) is 5.26 Å². The topological polar surface area (TPSA) is 92.9 Å². The van der Waals surface area contributed by atoms with Crippen LogP contribution in [0.15, 0.2) is 50.8 Å². The number of carbonyl (C=O) groups excluding carboxylic acids is 1. The number of carbonyl (C=O) groups is 1. The van der Waals surface area contributed by atoms with Crippen LogP contribution in [0.4, 0.5) is 5.69 Å². The number of thioether (sulfide) groups is 1. The van der Waals surface area contributed by atoms with E-state index in [4.69, 9.17) is 19.5 Å². The lowest BCUT2D eigenvalue weighted by molar-refractivity contribution is -0.115. The average molecular weight is 474 g/mol. The maximum absolute atomic E-state index is 12.3. The Morgan fingerprint density at radius 1 is 1.24 bits per heavy atom. The molecule has 0 aliphatic carbocycles. The lowest BCUT2D eigenvalue weighted by Crippen LogP contribution is -2.19. The van der Waals surface area contributed by atoms with Gasteiger partial charge in [0, 0.05) is 0 Å². The van der Waals surface area contributed by atoms with Crippen LogP contribution >= 0.6 is 27.7 Å². The van der Waals surface area contributed by atoms with Gasteiger partial charge in [-0.3, -0.25) is 4.79 Å². The lowest BCUT2D eigenvalue weighted by Gasteiger charge is -2.11. The fourth-order valence-electron chi connectivity index (χ4n) is 2.47. The molecule has 9 heteroatoms. The van der Waals surface area contributed by atoms with E-state index in [1.807, 2.05) is 18.2 Å². The molecule has 1 aliphatic rings. The molecule has 148 valence electrons. The minimum absolute atomic E-state index is 0.0984. The summed E-state index contributed by atoms with van der Waals surface area (Å²) in [5, 5.41) is 12.0. The van der Waals surface area contributed by atoms with Crippen molar-refractivity contribution in [2.24, 2.45) is 4.99 Å². The number of nitriles is 1. The molecule has 1 amide bonds. The lowest BCUT2D eigenvalue weighted by atomic mass is 10.2. The van der Waals surface area contributed by atoms with Crippen LogP contribution in [0, 0.1) is 11.3 Å². The molecule has 1 aliphatic heterocycles. The number of ether oxygens (including phenoxy) is 3. The smallest absolute Gasteiger partial charge is 0.264 e. The maximum atomic E-state index is 12.3. The molecule has 2 aromatic carbocycles. The highest BCUT2D eigenvalue weighted by molar-refractivity contribution is 9.10. The quantitative estimate of drug-likeness (QED) is 0.629. The van der Waals surface area contributed by atoms with E-state index in [2.05, 4.69) is 26.2 Å². The zero-order chi connectivity index (χ0) is 20.8. The fraction of sp³-hybridized carbons (Fsp3) is 0.150. The first kappa shape index (κ1) is 20.8. The van der Waals surface area contributed by atoms with Crippen LogP contribution < -0.4 is 19.5 Å². The Morgan fingerprint density at radius 3 is 2.66 bits per heavy atom. The van der Waals surface area contributed by atoms with Gasteiger partial charge in [0.05, 0.1) is 29.3 Å². The average Bonchev–Trinajstić information content (AvgIpc) is 3.06. The van der Waals surface area contributed by atoms with Crippen molar-refractivity contribution >= 4 is 50.5 Å². The monoisotopic (exact) mass is 473 g/mol. The molecule has 3 rings (SSSR count). The van der Waals surface area contributed by atoms with Crippen molar-refractivity contribution in [3.05, 3.63) is 51.3 Å². The molecule has 0 saturated carbocycles. The molecule has 0 radical (unpaired) electrons. The second-order valence-electron chi connectivity index (χ2n) is 5.66. The third-order valence-corrected chi connectivity index (χ3v) is 5.28. The SMILES string of the molecule is COc1ccc(N=C2NC(=O)C(=Cc3cc(Br)c(OCC#N)c(OC)c3)S2)cc1. The van der Waals surface area contributed by atoms with Gasteiger partial charge in [-0.15, -0.1) is 0 Å². The van der Waals surface area contributed by atoms with E-state index in [0.29, 0.717) is 31.7 Å². The van der Waals surface area contributed by atoms with Crippen molar-refractivity contribution in [1.29, 1.82) is 5.26 Å². The minimum atomic E-state index is -0.234. The van der Waals surface area contributed by atoms with E-state index >= 15 is 0 Å². The van der Waals surface area contributed by atoms with Crippen molar-refractivity contribution in [3.8, 4) is 23.3 Å². The summed E-state index contributed by atoms with van der Waals surface area (Å²) in [6.07, 6.45) is 1.73. The molecule has 1 saturated heterocycles. The van der Waals surface area contributed by atoms with Gasteiger partial charge >= 0.3 is 0 Å². The first-order valence-corrected chi connectivity index (χ1v) is 9.96. The summed E-state index contributed by atoms with van der Waals surface area (Å²) < 4.78 is 16.5. The molecule has 1 fully saturated rings. The number of halogens is 1. The Labute approximate surface area is 180 Å². The number of amidine groups is 1. The van der Waals surface area contributed by atoms with Crippen LogP contribution in [0.5, 0.6) is 17.2 Å². The van der Waals surface area contributed by atoms with Gasteiger partial charge in [-0.1, -0.05) is 0 Å². The van der Waals surface area contributed by atoms with Crippen LogP contribution in [0.1, 0.15) is 5.56 Å². The van der Waals surface area contributed by atoms with Gasteiger partial charge in [0.25, 0.3) is 5.91 Å². The Kier molecular flexibility index (Phi) is 6.80. The first-order valence-electron chi connectivity index (χ1n) is 8.35. The molecule has 2 aromatic rings. The Bertz CT molecular complexity index is 1030. The van der Waals surface area contributed by atoms with Crippen molar-refractivity contribution in [1.82, 2.24) is 5.32 Å².